The summed E-state index contributed by atoms with van der Waals surface area (Å²) in [7, 11) is 0. The van der Waals surface area contributed by atoms with Gasteiger partial charge in [0.15, 0.2) is 0 Å². The molecule has 142 valence electrons. The minimum atomic E-state index is -4.42. The number of hydrogen-bond acceptors (Lipinski definition) is 3. The van der Waals surface area contributed by atoms with Crippen molar-refractivity contribution in [2.75, 3.05) is 31.5 Å². The van der Waals surface area contributed by atoms with E-state index in [-0.39, 0.29) is 11.7 Å². The number of carbonyl (C=O) groups excluding carboxylic acids is 1. The van der Waals surface area contributed by atoms with Crippen LogP contribution in [0.5, 0.6) is 0 Å². The normalized spacial score (nSPS) is 11.6. The molecular weight excluding hydrogens is 347 g/mol. The van der Waals surface area contributed by atoms with Crippen LogP contribution in [0.2, 0.25) is 0 Å². The van der Waals surface area contributed by atoms with Crippen LogP contribution in [0.1, 0.15) is 19.4 Å². The summed E-state index contributed by atoms with van der Waals surface area (Å²) in [5, 5.41) is 9.34. The molecule has 0 aliphatic rings. The third-order valence-corrected chi connectivity index (χ3v) is 3.89. The van der Waals surface area contributed by atoms with Crippen LogP contribution in [0.25, 0.3) is 5.69 Å². The predicted octanol–water partition coefficient (Wildman–Crippen LogP) is 3.35. The Morgan fingerprint density at radius 3 is 2.65 bits per heavy atom. The molecule has 0 radical (unpaired) electrons. The monoisotopic (exact) mass is 369 g/mol. The van der Waals surface area contributed by atoms with Crippen molar-refractivity contribution in [1.29, 1.82) is 0 Å². The number of urea groups is 1. The van der Waals surface area contributed by atoms with Crippen molar-refractivity contribution in [3.8, 4) is 5.69 Å². The quantitative estimate of drug-likeness (QED) is 0.787. The average Bonchev–Trinajstić information content (AvgIpc) is 3.06. The number of anilines is 1. The zero-order valence-corrected chi connectivity index (χ0v) is 14.7. The summed E-state index contributed by atoms with van der Waals surface area (Å²) in [5.74, 6) is 0. The van der Waals surface area contributed by atoms with E-state index in [1.807, 2.05) is 13.8 Å². The maximum absolute atomic E-state index is 12.8. The summed E-state index contributed by atoms with van der Waals surface area (Å²) in [6, 6.07) is 4.43. The molecule has 9 heteroatoms. The van der Waals surface area contributed by atoms with Gasteiger partial charge in [-0.25, -0.2) is 9.48 Å². The smallest absolute Gasteiger partial charge is 0.337 e. The molecule has 0 atom stereocenters. The maximum Gasteiger partial charge on any atom is 0.416 e. The number of aromatic nitrogens is 2. The number of nitrogens with one attached hydrogen (secondary N) is 2. The Morgan fingerprint density at radius 2 is 2.00 bits per heavy atom. The van der Waals surface area contributed by atoms with Gasteiger partial charge in [0.25, 0.3) is 0 Å². The Kier molecular flexibility index (Phi) is 6.62. The number of halogens is 3. The van der Waals surface area contributed by atoms with Crippen LogP contribution in [0, 0.1) is 0 Å². The van der Waals surface area contributed by atoms with E-state index in [0.29, 0.717) is 12.2 Å². The fourth-order valence-electron chi connectivity index (χ4n) is 2.40. The van der Waals surface area contributed by atoms with Gasteiger partial charge in [0.1, 0.15) is 0 Å². The number of hydrogen-bond donors (Lipinski definition) is 2. The first-order chi connectivity index (χ1) is 12.3. The summed E-state index contributed by atoms with van der Waals surface area (Å²) < 4.78 is 39.6. The van der Waals surface area contributed by atoms with Crippen LogP contribution in [0.4, 0.5) is 23.7 Å². The average molecular weight is 369 g/mol. The van der Waals surface area contributed by atoms with Gasteiger partial charge >= 0.3 is 12.2 Å². The lowest BCUT2D eigenvalue weighted by molar-refractivity contribution is -0.137. The zero-order valence-electron chi connectivity index (χ0n) is 14.7. The second kappa shape index (κ2) is 8.70. The number of benzene rings is 1. The third-order valence-electron chi connectivity index (χ3n) is 3.89. The van der Waals surface area contributed by atoms with Gasteiger partial charge < -0.3 is 15.5 Å². The zero-order chi connectivity index (χ0) is 19.2. The van der Waals surface area contributed by atoms with Gasteiger partial charge in [-0.15, -0.1) is 0 Å². The number of amides is 2. The van der Waals surface area contributed by atoms with Gasteiger partial charge in [0.05, 0.1) is 29.3 Å². The van der Waals surface area contributed by atoms with Gasteiger partial charge in [-0.2, -0.15) is 18.3 Å². The molecule has 1 aromatic heterocycles. The van der Waals surface area contributed by atoms with E-state index < -0.39 is 11.7 Å². The van der Waals surface area contributed by atoms with Crippen molar-refractivity contribution in [3.63, 3.8) is 0 Å². The lowest BCUT2D eigenvalue weighted by Crippen LogP contribution is -2.36. The molecule has 1 heterocycles. The van der Waals surface area contributed by atoms with Crippen LogP contribution >= 0.6 is 0 Å². The molecule has 0 spiro atoms. The van der Waals surface area contributed by atoms with Gasteiger partial charge in [-0.05, 0) is 31.3 Å². The molecule has 0 aliphatic heterocycles. The molecular formula is C17H22F3N5O. The highest BCUT2D eigenvalue weighted by Gasteiger charge is 2.30. The maximum atomic E-state index is 12.8. The van der Waals surface area contributed by atoms with E-state index in [2.05, 4.69) is 20.6 Å². The molecule has 26 heavy (non-hydrogen) atoms. The fraction of sp³-hybridized carbons (Fsp3) is 0.412. The lowest BCUT2D eigenvalue weighted by Gasteiger charge is -2.17. The van der Waals surface area contributed by atoms with Crippen LogP contribution in [0.3, 0.4) is 0 Å². The molecule has 0 unspecified atom stereocenters. The number of nitrogens with zero attached hydrogens (tertiary/aromatic N) is 3. The Morgan fingerprint density at radius 1 is 1.27 bits per heavy atom. The molecule has 2 aromatic rings. The lowest BCUT2D eigenvalue weighted by atomic mass is 10.2. The highest BCUT2D eigenvalue weighted by Crippen LogP contribution is 2.30. The Hall–Kier alpha value is -2.55. The van der Waals surface area contributed by atoms with Crippen molar-refractivity contribution in [1.82, 2.24) is 20.0 Å². The molecule has 0 saturated heterocycles. The van der Waals surface area contributed by atoms with Crippen molar-refractivity contribution < 1.29 is 18.0 Å². The molecule has 0 aliphatic carbocycles. The fourth-order valence-corrected chi connectivity index (χ4v) is 2.40. The molecule has 2 rings (SSSR count). The first-order valence-corrected chi connectivity index (χ1v) is 8.33. The number of rotatable bonds is 7. The number of carbonyl (C=O) groups is 1. The van der Waals surface area contributed by atoms with E-state index in [4.69, 9.17) is 0 Å². The van der Waals surface area contributed by atoms with Crippen LogP contribution < -0.4 is 10.6 Å². The first kappa shape index (κ1) is 19.8. The van der Waals surface area contributed by atoms with E-state index in [1.54, 1.807) is 0 Å². The predicted molar refractivity (Wildman–Crippen MR) is 93.4 cm³/mol. The highest BCUT2D eigenvalue weighted by atomic mass is 19.4. The Balaban J connectivity index is 1.94. The largest absolute Gasteiger partial charge is 0.416 e. The van der Waals surface area contributed by atoms with Gasteiger partial charge in [0, 0.05) is 13.1 Å². The number of alkyl halides is 3. The standard InChI is InChI=1S/C17H22F3N5O/c1-3-24(4-2)9-8-21-16(26)23-14-11-22-25(12-14)15-7-5-6-13(10-15)17(18,19)20/h5-7,10-12H,3-4,8-9H2,1-2H3,(H2,21,23,26). The molecule has 0 saturated carbocycles. The van der Waals surface area contributed by atoms with E-state index in [0.717, 1.165) is 31.8 Å². The van der Waals surface area contributed by atoms with Crippen molar-refractivity contribution in [2.45, 2.75) is 20.0 Å². The third kappa shape index (κ3) is 5.48. The molecule has 1 aromatic carbocycles. The summed E-state index contributed by atoms with van der Waals surface area (Å²) in [6.45, 7) is 7.14. The number of likely N-dealkylation sites (N-methyl/N-ethyl adjacent to an activating group) is 1. The van der Waals surface area contributed by atoms with Crippen LogP contribution in [-0.4, -0.2) is 46.9 Å². The topological polar surface area (TPSA) is 62.2 Å². The van der Waals surface area contributed by atoms with E-state index in [9.17, 15) is 18.0 Å². The van der Waals surface area contributed by atoms with Crippen molar-refractivity contribution in [3.05, 3.63) is 42.2 Å². The minimum Gasteiger partial charge on any atom is -0.337 e. The van der Waals surface area contributed by atoms with E-state index >= 15 is 0 Å². The SMILES string of the molecule is CCN(CC)CCNC(=O)Nc1cnn(-c2cccc(C(F)(F)F)c2)c1. The molecule has 0 bridgehead atoms. The first-order valence-electron chi connectivity index (χ1n) is 8.33. The summed E-state index contributed by atoms with van der Waals surface area (Å²) in [5.41, 5.74) is -0.105. The summed E-state index contributed by atoms with van der Waals surface area (Å²) in [6.07, 6.45) is -1.58. The van der Waals surface area contributed by atoms with E-state index in [1.165, 1.54) is 29.2 Å². The second-order valence-electron chi connectivity index (χ2n) is 5.63. The highest BCUT2D eigenvalue weighted by molar-refractivity contribution is 5.88. The van der Waals surface area contributed by atoms with Crippen molar-refractivity contribution >= 4 is 11.7 Å². The summed E-state index contributed by atoms with van der Waals surface area (Å²) >= 11 is 0. The molecule has 0 fully saturated rings. The van der Waals surface area contributed by atoms with Crippen LogP contribution in [0.15, 0.2) is 36.7 Å². The van der Waals surface area contributed by atoms with Crippen molar-refractivity contribution in [2.24, 2.45) is 0 Å². The van der Waals surface area contributed by atoms with Gasteiger partial charge in [-0.3, -0.25) is 0 Å². The molecule has 2 amide bonds. The van der Waals surface area contributed by atoms with Gasteiger partial charge in [0.2, 0.25) is 0 Å². The Labute approximate surface area is 150 Å². The van der Waals surface area contributed by atoms with Gasteiger partial charge in [-0.1, -0.05) is 19.9 Å². The second-order valence-corrected chi connectivity index (χ2v) is 5.63. The summed E-state index contributed by atoms with van der Waals surface area (Å²) in [4.78, 5) is 14.0. The minimum absolute atomic E-state index is 0.259. The molecule has 2 N–H and O–H groups in total. The van der Waals surface area contributed by atoms with Crippen LogP contribution in [-0.2, 0) is 6.18 Å². The Bertz CT molecular complexity index is 725. The molecule has 6 nitrogen and oxygen atoms in total.